The smallest absolute Gasteiger partial charge is 0.183 e. The summed E-state index contributed by atoms with van der Waals surface area (Å²) in [5.41, 5.74) is 1.04. The van der Waals surface area contributed by atoms with Crippen LogP contribution < -0.4 is 10.1 Å². The van der Waals surface area contributed by atoms with Gasteiger partial charge in [0.15, 0.2) is 5.13 Å². The summed E-state index contributed by atoms with van der Waals surface area (Å²) in [6, 6.07) is 10.3. The van der Waals surface area contributed by atoms with Crippen molar-refractivity contribution in [2.24, 2.45) is 0 Å². The van der Waals surface area contributed by atoms with E-state index in [-0.39, 0.29) is 0 Å². The second-order valence-corrected chi connectivity index (χ2v) is 5.00. The molecule has 0 saturated heterocycles. The lowest BCUT2D eigenvalue weighted by Crippen LogP contribution is -1.92. The largest absolute Gasteiger partial charge is 0.493 e. The molecular weight excluding hydrogens is 244 g/mol. The van der Waals surface area contributed by atoms with Crippen LogP contribution in [0.4, 0.5) is 5.13 Å². The quantitative estimate of drug-likeness (QED) is 0.774. The maximum atomic E-state index is 5.73. The molecule has 18 heavy (non-hydrogen) atoms. The van der Waals surface area contributed by atoms with E-state index in [4.69, 9.17) is 4.74 Å². The molecule has 0 fully saturated rings. The van der Waals surface area contributed by atoms with Crippen LogP contribution in [0.25, 0.3) is 21.0 Å². The fraction of sp³-hybridized carbons (Fsp3) is 0.214. The first kappa shape index (κ1) is 11.3. The van der Waals surface area contributed by atoms with E-state index in [1.54, 1.807) is 11.3 Å². The Morgan fingerprint density at radius 2 is 2.06 bits per heavy atom. The van der Waals surface area contributed by atoms with E-state index >= 15 is 0 Å². The van der Waals surface area contributed by atoms with E-state index in [1.807, 2.05) is 26.1 Å². The molecule has 0 radical (unpaired) electrons. The number of hydrogen-bond donors (Lipinski definition) is 1. The number of fused-ring (bicyclic) bond motifs is 3. The second-order valence-electron chi connectivity index (χ2n) is 3.97. The summed E-state index contributed by atoms with van der Waals surface area (Å²) in [7, 11) is 1.89. The summed E-state index contributed by atoms with van der Waals surface area (Å²) in [6.07, 6.45) is 0. The molecule has 0 saturated carbocycles. The van der Waals surface area contributed by atoms with Crippen molar-refractivity contribution in [3.8, 4) is 5.75 Å². The van der Waals surface area contributed by atoms with Crippen LogP contribution in [-0.2, 0) is 0 Å². The van der Waals surface area contributed by atoms with Gasteiger partial charge in [0.1, 0.15) is 5.75 Å². The SMILES string of the molecule is CCOc1cc2sc(NC)nc2c2ccccc12. The standard InChI is InChI=1S/C14H14N2OS/c1-3-17-11-8-12-13(16-14(15-2)18-12)10-7-5-4-6-9(10)11/h4-8H,3H2,1-2H3,(H,15,16). The van der Waals surface area contributed by atoms with Gasteiger partial charge in [-0.15, -0.1) is 0 Å². The predicted octanol–water partition coefficient (Wildman–Crippen LogP) is 3.89. The molecule has 0 aliphatic carbocycles. The summed E-state index contributed by atoms with van der Waals surface area (Å²) in [5.74, 6) is 0.937. The number of aromatic nitrogens is 1. The first-order valence-corrected chi connectivity index (χ1v) is 6.78. The lowest BCUT2D eigenvalue weighted by atomic mass is 10.1. The third-order valence-electron chi connectivity index (χ3n) is 2.88. The van der Waals surface area contributed by atoms with E-state index in [1.165, 1.54) is 0 Å². The van der Waals surface area contributed by atoms with E-state index in [0.29, 0.717) is 6.61 Å². The molecule has 2 aromatic carbocycles. The molecule has 0 aliphatic rings. The van der Waals surface area contributed by atoms with Crippen molar-refractivity contribution < 1.29 is 4.74 Å². The summed E-state index contributed by atoms with van der Waals surface area (Å²) in [4.78, 5) is 4.61. The third-order valence-corrected chi connectivity index (χ3v) is 3.90. The molecule has 1 N–H and O–H groups in total. The molecule has 0 amide bonds. The highest BCUT2D eigenvalue weighted by Gasteiger charge is 2.11. The van der Waals surface area contributed by atoms with Gasteiger partial charge in [0.25, 0.3) is 0 Å². The number of anilines is 1. The molecule has 0 atom stereocenters. The topological polar surface area (TPSA) is 34.1 Å². The fourth-order valence-electron chi connectivity index (χ4n) is 2.11. The van der Waals surface area contributed by atoms with Gasteiger partial charge in [-0.1, -0.05) is 35.6 Å². The van der Waals surface area contributed by atoms with Crippen LogP contribution >= 0.6 is 11.3 Å². The van der Waals surface area contributed by atoms with Crippen molar-refractivity contribution in [1.82, 2.24) is 4.98 Å². The Labute approximate surface area is 109 Å². The monoisotopic (exact) mass is 258 g/mol. The van der Waals surface area contributed by atoms with Gasteiger partial charge in [0, 0.05) is 23.9 Å². The number of benzene rings is 2. The highest BCUT2D eigenvalue weighted by Crippen LogP contribution is 2.37. The molecule has 4 heteroatoms. The summed E-state index contributed by atoms with van der Waals surface area (Å²) in [6.45, 7) is 2.68. The van der Waals surface area contributed by atoms with Crippen LogP contribution in [0.1, 0.15) is 6.92 Å². The Bertz CT molecular complexity index is 705. The van der Waals surface area contributed by atoms with Gasteiger partial charge in [-0.3, -0.25) is 0 Å². The first-order valence-electron chi connectivity index (χ1n) is 5.96. The molecule has 0 bridgehead atoms. The van der Waals surface area contributed by atoms with Crippen LogP contribution in [0.15, 0.2) is 30.3 Å². The van der Waals surface area contributed by atoms with Crippen molar-refractivity contribution in [3.05, 3.63) is 30.3 Å². The minimum atomic E-state index is 0.674. The van der Waals surface area contributed by atoms with Crippen molar-refractivity contribution in [2.75, 3.05) is 19.0 Å². The van der Waals surface area contributed by atoms with Crippen molar-refractivity contribution in [3.63, 3.8) is 0 Å². The Hall–Kier alpha value is -1.81. The zero-order valence-corrected chi connectivity index (χ0v) is 11.2. The van der Waals surface area contributed by atoms with Crippen LogP contribution in [-0.4, -0.2) is 18.6 Å². The Morgan fingerprint density at radius 3 is 2.78 bits per heavy atom. The van der Waals surface area contributed by atoms with E-state index in [0.717, 1.165) is 31.9 Å². The second kappa shape index (κ2) is 4.46. The van der Waals surface area contributed by atoms with Crippen LogP contribution in [0, 0.1) is 0 Å². The number of nitrogens with one attached hydrogen (secondary N) is 1. The van der Waals surface area contributed by atoms with Gasteiger partial charge >= 0.3 is 0 Å². The lowest BCUT2D eigenvalue weighted by Gasteiger charge is -2.07. The fourth-order valence-corrected chi connectivity index (χ4v) is 2.97. The number of hydrogen-bond acceptors (Lipinski definition) is 4. The number of nitrogens with zero attached hydrogens (tertiary/aromatic N) is 1. The van der Waals surface area contributed by atoms with E-state index in [2.05, 4.69) is 28.5 Å². The van der Waals surface area contributed by atoms with Gasteiger partial charge in [-0.2, -0.15) is 0 Å². The van der Waals surface area contributed by atoms with Crippen LogP contribution in [0.5, 0.6) is 5.75 Å². The van der Waals surface area contributed by atoms with E-state index in [9.17, 15) is 0 Å². The molecule has 1 aromatic heterocycles. The predicted molar refractivity (Wildman–Crippen MR) is 77.8 cm³/mol. The van der Waals surface area contributed by atoms with Crippen molar-refractivity contribution >= 4 is 37.5 Å². The Balaban J connectivity index is 2.39. The molecule has 0 unspecified atom stereocenters. The maximum absolute atomic E-state index is 5.73. The normalized spacial score (nSPS) is 11.0. The van der Waals surface area contributed by atoms with Gasteiger partial charge in [0.2, 0.25) is 0 Å². The third kappa shape index (κ3) is 1.69. The Morgan fingerprint density at radius 1 is 1.28 bits per heavy atom. The minimum absolute atomic E-state index is 0.674. The van der Waals surface area contributed by atoms with E-state index < -0.39 is 0 Å². The molecule has 3 rings (SSSR count). The van der Waals surface area contributed by atoms with Gasteiger partial charge in [-0.05, 0) is 6.92 Å². The average Bonchev–Trinajstić information content (AvgIpc) is 2.82. The van der Waals surface area contributed by atoms with Crippen molar-refractivity contribution in [1.29, 1.82) is 0 Å². The average molecular weight is 258 g/mol. The molecule has 3 nitrogen and oxygen atoms in total. The molecule has 3 aromatic rings. The summed E-state index contributed by atoms with van der Waals surface area (Å²) < 4.78 is 6.88. The lowest BCUT2D eigenvalue weighted by molar-refractivity contribution is 0.345. The Kier molecular flexibility index (Phi) is 2.80. The van der Waals surface area contributed by atoms with Crippen LogP contribution in [0.3, 0.4) is 0 Å². The van der Waals surface area contributed by atoms with Gasteiger partial charge in [-0.25, -0.2) is 4.98 Å². The number of rotatable bonds is 3. The number of thiazole rings is 1. The highest BCUT2D eigenvalue weighted by molar-refractivity contribution is 7.22. The van der Waals surface area contributed by atoms with Gasteiger partial charge in [0.05, 0.1) is 16.8 Å². The summed E-state index contributed by atoms with van der Waals surface area (Å²) >= 11 is 1.65. The maximum Gasteiger partial charge on any atom is 0.183 e. The molecule has 0 spiro atoms. The first-order chi connectivity index (χ1) is 8.83. The van der Waals surface area contributed by atoms with Gasteiger partial charge < -0.3 is 10.1 Å². The molecule has 92 valence electrons. The summed E-state index contributed by atoms with van der Waals surface area (Å²) in [5, 5.41) is 6.31. The molecular formula is C14H14N2OS. The zero-order valence-electron chi connectivity index (χ0n) is 10.4. The minimum Gasteiger partial charge on any atom is -0.493 e. The van der Waals surface area contributed by atoms with Crippen LogP contribution in [0.2, 0.25) is 0 Å². The van der Waals surface area contributed by atoms with Crippen molar-refractivity contribution in [2.45, 2.75) is 6.92 Å². The molecule has 1 heterocycles. The zero-order chi connectivity index (χ0) is 12.5. The number of ether oxygens (including phenoxy) is 1. The molecule has 0 aliphatic heterocycles. The highest BCUT2D eigenvalue weighted by atomic mass is 32.1.